The minimum absolute atomic E-state index is 0.265. The van der Waals surface area contributed by atoms with Gasteiger partial charge in [0.2, 0.25) is 10.0 Å². The first kappa shape index (κ1) is 15.9. The molecule has 1 saturated heterocycles. The van der Waals surface area contributed by atoms with Crippen LogP contribution in [0.15, 0.2) is 0 Å². The second kappa shape index (κ2) is 7.43. The lowest BCUT2D eigenvalue weighted by molar-refractivity contribution is 0.271. The predicted octanol–water partition coefficient (Wildman–Crippen LogP) is 0.342. The standard InChI is InChI=1S/C12H27N3O2S/c1-13-8-4-5-10-18(16,17)15(3)11-12-7-6-9-14(12)2/h12-13H,4-11H2,1-3H3. The van der Waals surface area contributed by atoms with Crippen LogP contribution in [-0.4, -0.2) is 70.2 Å². The van der Waals surface area contributed by atoms with Crippen LogP contribution >= 0.6 is 0 Å². The van der Waals surface area contributed by atoms with E-state index in [2.05, 4.69) is 17.3 Å². The summed E-state index contributed by atoms with van der Waals surface area (Å²) >= 11 is 0. The Morgan fingerprint density at radius 2 is 2.11 bits per heavy atom. The third-order valence-corrected chi connectivity index (χ3v) is 5.60. The van der Waals surface area contributed by atoms with Gasteiger partial charge in [0, 0.05) is 19.6 Å². The van der Waals surface area contributed by atoms with Gasteiger partial charge in [-0.2, -0.15) is 0 Å². The van der Waals surface area contributed by atoms with Crippen LogP contribution in [0.1, 0.15) is 25.7 Å². The molecule has 6 heteroatoms. The molecule has 18 heavy (non-hydrogen) atoms. The molecule has 5 nitrogen and oxygen atoms in total. The average molecular weight is 277 g/mol. The monoisotopic (exact) mass is 277 g/mol. The van der Waals surface area contributed by atoms with Crippen molar-refractivity contribution in [1.82, 2.24) is 14.5 Å². The van der Waals surface area contributed by atoms with E-state index >= 15 is 0 Å². The number of sulfonamides is 1. The number of nitrogens with one attached hydrogen (secondary N) is 1. The quantitative estimate of drug-likeness (QED) is 0.650. The minimum atomic E-state index is -3.07. The maximum atomic E-state index is 12.1. The molecule has 0 amide bonds. The van der Waals surface area contributed by atoms with Crippen molar-refractivity contribution in [2.75, 3.05) is 46.5 Å². The van der Waals surface area contributed by atoms with Crippen molar-refractivity contribution in [3.05, 3.63) is 0 Å². The molecule has 0 spiro atoms. The van der Waals surface area contributed by atoms with Crippen molar-refractivity contribution in [3.8, 4) is 0 Å². The molecule has 1 heterocycles. The van der Waals surface area contributed by atoms with E-state index in [-0.39, 0.29) is 5.75 Å². The fourth-order valence-electron chi connectivity index (χ4n) is 2.36. The zero-order valence-corrected chi connectivity index (χ0v) is 12.7. The first-order valence-corrected chi connectivity index (χ1v) is 8.37. The van der Waals surface area contributed by atoms with Gasteiger partial charge in [0.05, 0.1) is 5.75 Å². The van der Waals surface area contributed by atoms with Gasteiger partial charge in [0.15, 0.2) is 0 Å². The molecule has 0 saturated carbocycles. The average Bonchev–Trinajstić information content (AvgIpc) is 2.71. The molecule has 1 atom stereocenters. The SMILES string of the molecule is CNCCCCS(=O)(=O)N(C)CC1CCCN1C. The van der Waals surface area contributed by atoms with Gasteiger partial charge in [0.1, 0.15) is 0 Å². The Hall–Kier alpha value is -0.170. The van der Waals surface area contributed by atoms with E-state index in [1.807, 2.05) is 7.05 Å². The highest BCUT2D eigenvalue weighted by Crippen LogP contribution is 2.16. The Kier molecular flexibility index (Phi) is 6.55. The highest BCUT2D eigenvalue weighted by Gasteiger charge is 2.26. The van der Waals surface area contributed by atoms with Crippen LogP contribution in [0.5, 0.6) is 0 Å². The summed E-state index contributed by atoms with van der Waals surface area (Å²) in [6.07, 6.45) is 3.92. The van der Waals surface area contributed by atoms with Crippen molar-refractivity contribution in [2.45, 2.75) is 31.7 Å². The summed E-state index contributed by atoms with van der Waals surface area (Å²) in [5, 5.41) is 3.03. The molecular formula is C12H27N3O2S. The van der Waals surface area contributed by atoms with Gasteiger partial charge in [-0.25, -0.2) is 12.7 Å². The number of likely N-dealkylation sites (tertiary alicyclic amines) is 1. The van der Waals surface area contributed by atoms with Crippen molar-refractivity contribution >= 4 is 10.0 Å². The fraction of sp³-hybridized carbons (Fsp3) is 1.00. The molecule has 1 aliphatic heterocycles. The fourth-order valence-corrected chi connectivity index (χ4v) is 3.64. The highest BCUT2D eigenvalue weighted by atomic mass is 32.2. The smallest absolute Gasteiger partial charge is 0.213 e. The Morgan fingerprint density at radius 3 is 2.67 bits per heavy atom. The van der Waals surface area contributed by atoms with Crippen LogP contribution in [-0.2, 0) is 10.0 Å². The second-order valence-corrected chi connectivity index (χ2v) is 7.38. The van der Waals surface area contributed by atoms with Crippen LogP contribution in [0.2, 0.25) is 0 Å². The molecule has 1 fully saturated rings. The molecule has 0 radical (unpaired) electrons. The van der Waals surface area contributed by atoms with E-state index in [9.17, 15) is 8.42 Å². The first-order chi connectivity index (χ1) is 8.47. The third kappa shape index (κ3) is 4.84. The van der Waals surface area contributed by atoms with Gasteiger partial charge in [0.25, 0.3) is 0 Å². The number of likely N-dealkylation sites (N-methyl/N-ethyl adjacent to an activating group) is 2. The first-order valence-electron chi connectivity index (χ1n) is 6.76. The topological polar surface area (TPSA) is 52.7 Å². The van der Waals surface area contributed by atoms with Crippen molar-refractivity contribution in [2.24, 2.45) is 0 Å². The van der Waals surface area contributed by atoms with Gasteiger partial charge in [-0.1, -0.05) is 0 Å². The summed E-state index contributed by atoms with van der Waals surface area (Å²) < 4.78 is 25.7. The predicted molar refractivity (Wildman–Crippen MR) is 75.2 cm³/mol. The summed E-state index contributed by atoms with van der Waals surface area (Å²) in [5.74, 6) is 0.265. The highest BCUT2D eigenvalue weighted by molar-refractivity contribution is 7.89. The summed E-state index contributed by atoms with van der Waals surface area (Å²) in [5.41, 5.74) is 0. The molecular weight excluding hydrogens is 250 g/mol. The van der Waals surface area contributed by atoms with Crippen LogP contribution in [0.4, 0.5) is 0 Å². The van der Waals surface area contributed by atoms with Crippen molar-refractivity contribution in [1.29, 1.82) is 0 Å². The van der Waals surface area contributed by atoms with E-state index in [4.69, 9.17) is 0 Å². The second-order valence-electron chi connectivity index (χ2n) is 5.18. The van der Waals surface area contributed by atoms with E-state index < -0.39 is 10.0 Å². The molecule has 1 rings (SSSR count). The lowest BCUT2D eigenvalue weighted by Crippen LogP contribution is -2.40. The number of hydrogen-bond donors (Lipinski definition) is 1. The maximum absolute atomic E-state index is 12.1. The van der Waals surface area contributed by atoms with Gasteiger partial charge in [-0.05, 0) is 52.9 Å². The summed E-state index contributed by atoms with van der Waals surface area (Å²) in [6, 6.07) is 0.391. The number of unbranched alkanes of at least 4 members (excludes halogenated alkanes) is 1. The molecule has 0 aromatic heterocycles. The minimum Gasteiger partial charge on any atom is -0.320 e. The Bertz CT molecular complexity index is 332. The summed E-state index contributed by atoms with van der Waals surface area (Å²) in [4.78, 5) is 2.26. The van der Waals surface area contributed by atoms with Crippen LogP contribution in [0, 0.1) is 0 Å². The zero-order valence-electron chi connectivity index (χ0n) is 11.9. The van der Waals surface area contributed by atoms with E-state index in [1.165, 1.54) is 6.42 Å². The molecule has 1 unspecified atom stereocenters. The molecule has 0 aromatic rings. The van der Waals surface area contributed by atoms with Crippen LogP contribution in [0.3, 0.4) is 0 Å². The van der Waals surface area contributed by atoms with E-state index in [0.29, 0.717) is 12.6 Å². The van der Waals surface area contributed by atoms with E-state index in [0.717, 1.165) is 32.4 Å². The van der Waals surface area contributed by atoms with Gasteiger partial charge in [-0.3, -0.25) is 0 Å². The molecule has 0 aliphatic carbocycles. The molecule has 1 aliphatic rings. The number of nitrogens with zero attached hydrogens (tertiary/aromatic N) is 2. The molecule has 0 aromatic carbocycles. The normalized spacial score (nSPS) is 21.9. The molecule has 1 N–H and O–H groups in total. The largest absolute Gasteiger partial charge is 0.320 e. The lowest BCUT2D eigenvalue weighted by atomic mass is 10.2. The third-order valence-electron chi connectivity index (χ3n) is 3.69. The van der Waals surface area contributed by atoms with Gasteiger partial charge < -0.3 is 10.2 Å². The number of hydrogen-bond acceptors (Lipinski definition) is 4. The van der Waals surface area contributed by atoms with Crippen LogP contribution < -0.4 is 5.32 Å². The van der Waals surface area contributed by atoms with Crippen LogP contribution in [0.25, 0.3) is 0 Å². The molecule has 108 valence electrons. The zero-order chi connectivity index (χ0) is 13.6. The van der Waals surface area contributed by atoms with Gasteiger partial charge in [-0.15, -0.1) is 0 Å². The van der Waals surface area contributed by atoms with Gasteiger partial charge >= 0.3 is 0 Å². The Labute approximate surface area is 112 Å². The Morgan fingerprint density at radius 1 is 1.39 bits per heavy atom. The summed E-state index contributed by atoms with van der Waals surface area (Å²) in [7, 11) is 2.60. The van der Waals surface area contributed by atoms with Crippen molar-refractivity contribution < 1.29 is 8.42 Å². The van der Waals surface area contributed by atoms with E-state index in [1.54, 1.807) is 11.4 Å². The number of rotatable bonds is 8. The maximum Gasteiger partial charge on any atom is 0.213 e. The van der Waals surface area contributed by atoms with Crippen molar-refractivity contribution in [3.63, 3.8) is 0 Å². The lowest BCUT2D eigenvalue weighted by Gasteiger charge is -2.25. The summed E-state index contributed by atoms with van der Waals surface area (Å²) in [6.45, 7) is 2.59. The molecule has 0 bridgehead atoms. The Balaban J connectivity index is 2.36.